The second-order valence-electron chi connectivity index (χ2n) is 10.0. The molecule has 0 aliphatic rings. The fraction of sp³-hybridized carbons (Fsp3) is 0.852. The smallest absolute Gasteiger partial charge is 0.306 e. The highest BCUT2D eigenvalue weighted by Crippen LogP contribution is 2.11. The normalized spacial score (nSPS) is 11.2. The third-order valence-electron chi connectivity index (χ3n) is 5.06. The van der Waals surface area contributed by atoms with Crippen LogP contribution in [0.15, 0.2) is 0 Å². The number of unbranched alkanes of at least 4 members (excludes halogenated alkanes) is 4. The number of ether oxygens (including phenoxy) is 3. The van der Waals surface area contributed by atoms with Crippen LogP contribution in [-0.4, -0.2) is 68.7 Å². The average molecular weight is 515 g/mol. The van der Waals surface area contributed by atoms with Crippen molar-refractivity contribution in [2.24, 2.45) is 0 Å². The summed E-state index contributed by atoms with van der Waals surface area (Å²) in [5, 5.41) is 5.69. The second kappa shape index (κ2) is 22.2. The molecule has 0 aliphatic carbocycles. The van der Waals surface area contributed by atoms with Gasteiger partial charge in [-0.1, -0.05) is 12.8 Å². The number of carbonyl (C=O) groups is 4. The number of carbonyl (C=O) groups excluding carboxylic acids is 4. The molecule has 0 bridgehead atoms. The van der Waals surface area contributed by atoms with Crippen LogP contribution in [0.5, 0.6) is 0 Å². The lowest BCUT2D eigenvalue weighted by molar-refractivity contribution is -0.155. The summed E-state index contributed by atoms with van der Waals surface area (Å²) in [6.45, 7) is 10.8. The number of nitrogens with one attached hydrogen (secondary N) is 2. The van der Waals surface area contributed by atoms with Crippen molar-refractivity contribution in [1.29, 1.82) is 0 Å². The quantitative estimate of drug-likeness (QED) is 0.157. The van der Waals surface area contributed by atoms with E-state index in [1.165, 1.54) is 6.92 Å². The zero-order valence-electron chi connectivity index (χ0n) is 23.1. The predicted octanol–water partition coefficient (Wildman–Crippen LogP) is 3.86. The van der Waals surface area contributed by atoms with Crippen molar-refractivity contribution in [3.05, 3.63) is 0 Å². The summed E-state index contributed by atoms with van der Waals surface area (Å²) in [6.07, 6.45) is 8.34. The van der Waals surface area contributed by atoms with E-state index < -0.39 is 5.60 Å². The van der Waals surface area contributed by atoms with Crippen molar-refractivity contribution >= 4 is 23.6 Å². The molecule has 0 spiro atoms. The minimum Gasteiger partial charge on any atom is -0.460 e. The van der Waals surface area contributed by atoms with Crippen molar-refractivity contribution in [2.45, 2.75) is 110 Å². The lowest BCUT2D eigenvalue weighted by Crippen LogP contribution is -2.25. The Bertz CT molecular complexity index is 618. The van der Waals surface area contributed by atoms with Crippen LogP contribution < -0.4 is 10.6 Å². The molecule has 210 valence electrons. The molecule has 0 aromatic carbocycles. The number of Topliss-reactive ketones (excluding diaryl/α,β-unsaturated/α-hetero) is 1. The summed E-state index contributed by atoms with van der Waals surface area (Å²) in [6, 6.07) is 0. The van der Waals surface area contributed by atoms with Crippen molar-refractivity contribution in [3.63, 3.8) is 0 Å². The molecule has 9 heteroatoms. The van der Waals surface area contributed by atoms with E-state index in [1.54, 1.807) is 0 Å². The molecule has 0 saturated carbocycles. The topological polar surface area (TPSA) is 120 Å². The van der Waals surface area contributed by atoms with Crippen molar-refractivity contribution < 1.29 is 33.4 Å². The van der Waals surface area contributed by atoms with Gasteiger partial charge in [0, 0.05) is 65.2 Å². The lowest BCUT2D eigenvalue weighted by Gasteiger charge is -2.19. The minimum absolute atomic E-state index is 0.0249. The summed E-state index contributed by atoms with van der Waals surface area (Å²) in [7, 11) is 0. The number of hydrogen-bond acceptors (Lipinski definition) is 7. The maximum absolute atomic E-state index is 11.9. The number of ketones is 1. The van der Waals surface area contributed by atoms with Crippen molar-refractivity contribution in [3.8, 4) is 0 Å². The molecule has 0 rings (SSSR count). The van der Waals surface area contributed by atoms with Gasteiger partial charge in [0.05, 0.1) is 0 Å². The highest BCUT2D eigenvalue weighted by atomic mass is 16.6. The van der Waals surface area contributed by atoms with Gasteiger partial charge in [-0.2, -0.15) is 0 Å². The van der Waals surface area contributed by atoms with Crippen LogP contribution in [-0.2, 0) is 33.4 Å². The maximum atomic E-state index is 11.9. The fourth-order valence-corrected chi connectivity index (χ4v) is 3.18. The Kier molecular flexibility index (Phi) is 21.0. The molecule has 0 fully saturated rings. The van der Waals surface area contributed by atoms with Crippen LogP contribution in [0.2, 0.25) is 0 Å². The Morgan fingerprint density at radius 1 is 0.583 bits per heavy atom. The Labute approximate surface area is 217 Å². The zero-order chi connectivity index (χ0) is 27.1. The van der Waals surface area contributed by atoms with Gasteiger partial charge in [-0.3, -0.25) is 14.4 Å². The van der Waals surface area contributed by atoms with Gasteiger partial charge in [-0.05, 0) is 66.2 Å². The van der Waals surface area contributed by atoms with Crippen molar-refractivity contribution in [1.82, 2.24) is 10.6 Å². The number of esters is 1. The average Bonchev–Trinajstić information content (AvgIpc) is 2.78. The van der Waals surface area contributed by atoms with Crippen molar-refractivity contribution in [2.75, 3.05) is 39.5 Å². The van der Waals surface area contributed by atoms with Gasteiger partial charge in [0.2, 0.25) is 11.8 Å². The van der Waals surface area contributed by atoms with Crippen LogP contribution in [0.1, 0.15) is 105 Å². The summed E-state index contributed by atoms with van der Waals surface area (Å²) < 4.78 is 16.4. The molecule has 0 atom stereocenters. The monoisotopic (exact) mass is 514 g/mol. The van der Waals surface area contributed by atoms with E-state index in [2.05, 4.69) is 10.6 Å². The van der Waals surface area contributed by atoms with E-state index in [1.807, 2.05) is 20.8 Å². The van der Waals surface area contributed by atoms with E-state index in [0.717, 1.165) is 51.4 Å². The molecular weight excluding hydrogens is 464 g/mol. The summed E-state index contributed by atoms with van der Waals surface area (Å²) >= 11 is 0. The first-order valence-corrected chi connectivity index (χ1v) is 13.5. The van der Waals surface area contributed by atoms with E-state index in [-0.39, 0.29) is 30.0 Å². The minimum atomic E-state index is -0.433. The van der Waals surface area contributed by atoms with Crippen LogP contribution >= 0.6 is 0 Å². The van der Waals surface area contributed by atoms with Gasteiger partial charge in [0.15, 0.2) is 0 Å². The first kappa shape index (κ1) is 34.0. The second-order valence-corrected chi connectivity index (χ2v) is 10.0. The molecule has 0 aliphatic heterocycles. The molecule has 2 N–H and O–H groups in total. The predicted molar refractivity (Wildman–Crippen MR) is 140 cm³/mol. The van der Waals surface area contributed by atoms with Gasteiger partial charge < -0.3 is 29.6 Å². The van der Waals surface area contributed by atoms with E-state index in [4.69, 9.17) is 14.2 Å². The molecule has 0 heterocycles. The molecule has 0 saturated heterocycles. The van der Waals surface area contributed by atoms with Gasteiger partial charge in [0.25, 0.3) is 0 Å². The van der Waals surface area contributed by atoms with Gasteiger partial charge in [-0.15, -0.1) is 0 Å². The summed E-state index contributed by atoms with van der Waals surface area (Å²) in [4.78, 5) is 45.8. The fourth-order valence-electron chi connectivity index (χ4n) is 3.18. The number of hydrogen-bond donors (Lipinski definition) is 2. The van der Waals surface area contributed by atoms with E-state index >= 15 is 0 Å². The summed E-state index contributed by atoms with van der Waals surface area (Å²) in [5.41, 5.74) is -0.433. The maximum Gasteiger partial charge on any atom is 0.306 e. The third kappa shape index (κ3) is 26.6. The highest BCUT2D eigenvalue weighted by molar-refractivity contribution is 5.83. The van der Waals surface area contributed by atoms with Crippen LogP contribution in [0, 0.1) is 0 Å². The van der Waals surface area contributed by atoms with Crippen LogP contribution in [0.3, 0.4) is 0 Å². The molecule has 9 nitrogen and oxygen atoms in total. The van der Waals surface area contributed by atoms with Gasteiger partial charge in [-0.25, -0.2) is 0 Å². The Morgan fingerprint density at radius 3 is 1.56 bits per heavy atom. The van der Waals surface area contributed by atoms with Gasteiger partial charge >= 0.3 is 5.97 Å². The molecule has 36 heavy (non-hydrogen) atoms. The van der Waals surface area contributed by atoms with Gasteiger partial charge in [0.1, 0.15) is 11.4 Å². The lowest BCUT2D eigenvalue weighted by atomic mass is 10.1. The van der Waals surface area contributed by atoms with Crippen LogP contribution in [0.4, 0.5) is 0 Å². The first-order valence-electron chi connectivity index (χ1n) is 13.5. The first-order chi connectivity index (χ1) is 17.1. The Morgan fingerprint density at radius 2 is 1.06 bits per heavy atom. The Hall–Kier alpha value is -2.00. The molecule has 2 amide bonds. The Balaban J connectivity index is 3.31. The molecule has 0 radical (unpaired) electrons. The number of amides is 2. The highest BCUT2D eigenvalue weighted by Gasteiger charge is 2.15. The molecular formula is C27H50N2O7. The molecule has 0 aromatic rings. The molecule has 0 aromatic heterocycles. The third-order valence-corrected chi connectivity index (χ3v) is 5.06. The van der Waals surface area contributed by atoms with E-state index in [0.29, 0.717) is 58.8 Å². The standard InChI is InChI=1S/C27H50N2O7/c1-23(30)15-16-25(32)29-18-12-22-35-20-10-9-19-34-21-11-17-28-24(31)13-7-5-6-8-14-26(33)36-27(2,3)4/h5-22H2,1-4H3,(H,28,31)(H,29,32). The number of rotatable bonds is 23. The van der Waals surface area contributed by atoms with Crippen LogP contribution in [0.25, 0.3) is 0 Å². The zero-order valence-corrected chi connectivity index (χ0v) is 23.1. The SMILES string of the molecule is CC(=O)CCC(=O)NCCCOCCCCOCCCNC(=O)CCCCCCC(=O)OC(C)(C)C. The summed E-state index contributed by atoms with van der Waals surface area (Å²) in [5.74, 6) is -0.161. The molecule has 0 unspecified atom stereocenters. The largest absolute Gasteiger partial charge is 0.460 e. The van der Waals surface area contributed by atoms with E-state index in [9.17, 15) is 19.2 Å².